The Labute approximate surface area is 129 Å². The lowest BCUT2D eigenvalue weighted by Gasteiger charge is -2.14. The van der Waals surface area contributed by atoms with Crippen LogP contribution in [0.4, 0.5) is 0 Å². The van der Waals surface area contributed by atoms with Crippen molar-refractivity contribution in [3.63, 3.8) is 0 Å². The molecule has 5 heteroatoms. The van der Waals surface area contributed by atoms with Crippen molar-refractivity contribution in [2.45, 2.75) is 39.9 Å². The Morgan fingerprint density at radius 1 is 1.27 bits per heavy atom. The molecule has 1 aliphatic heterocycles. The fourth-order valence-electron chi connectivity index (χ4n) is 2.71. The summed E-state index contributed by atoms with van der Waals surface area (Å²) in [5.41, 5.74) is 5.71. The summed E-state index contributed by atoms with van der Waals surface area (Å²) in [6, 6.07) is 3.77. The summed E-state index contributed by atoms with van der Waals surface area (Å²) in [4.78, 5) is 20.2. The smallest absolute Gasteiger partial charge is 0.310 e. The Morgan fingerprint density at radius 3 is 2.68 bits per heavy atom. The fourth-order valence-corrected chi connectivity index (χ4v) is 2.71. The normalized spacial score (nSPS) is 14.7. The van der Waals surface area contributed by atoms with Gasteiger partial charge in [0, 0.05) is 17.5 Å². The van der Waals surface area contributed by atoms with Crippen molar-refractivity contribution in [2.75, 3.05) is 0 Å². The number of fused-ring (bicyclic) bond motifs is 1. The molecule has 5 nitrogen and oxygen atoms in total. The monoisotopic (exact) mass is 298 g/mol. The van der Waals surface area contributed by atoms with Crippen LogP contribution in [0.3, 0.4) is 0 Å². The fraction of sp³-hybridized carbons (Fsp3) is 0.353. The van der Waals surface area contributed by atoms with Gasteiger partial charge in [-0.2, -0.15) is 0 Å². The second-order valence-electron chi connectivity index (χ2n) is 5.67. The molecule has 0 saturated carbocycles. The molecule has 0 fully saturated rings. The summed E-state index contributed by atoms with van der Waals surface area (Å²) in [7, 11) is 0. The molecule has 0 saturated heterocycles. The van der Waals surface area contributed by atoms with Gasteiger partial charge in [0.2, 0.25) is 0 Å². The van der Waals surface area contributed by atoms with Gasteiger partial charge in [0.15, 0.2) is 5.82 Å². The van der Waals surface area contributed by atoms with Crippen molar-refractivity contribution in [1.82, 2.24) is 9.97 Å². The topological polar surface area (TPSA) is 72.3 Å². The number of nitrogens with zero attached hydrogens (tertiary/aromatic N) is 2. The number of ether oxygens (including phenoxy) is 1. The highest BCUT2D eigenvalue weighted by molar-refractivity contribution is 5.77. The van der Waals surface area contributed by atoms with Crippen LogP contribution in [0.5, 0.6) is 0 Å². The lowest BCUT2D eigenvalue weighted by molar-refractivity contribution is -0.138. The van der Waals surface area contributed by atoms with Crippen LogP contribution < -0.4 is 0 Å². The molecule has 1 aromatic carbocycles. The van der Waals surface area contributed by atoms with E-state index < -0.39 is 11.9 Å². The van der Waals surface area contributed by atoms with Crippen molar-refractivity contribution < 1.29 is 14.6 Å². The minimum absolute atomic E-state index is 0.445. The summed E-state index contributed by atoms with van der Waals surface area (Å²) in [6.07, 6.45) is 1.81. The summed E-state index contributed by atoms with van der Waals surface area (Å²) in [5, 5.41) is 9.25. The quantitative estimate of drug-likeness (QED) is 0.943. The van der Waals surface area contributed by atoms with Crippen LogP contribution in [-0.2, 0) is 22.7 Å². The van der Waals surface area contributed by atoms with E-state index in [1.807, 2.05) is 32.2 Å². The molecule has 0 radical (unpaired) electrons. The van der Waals surface area contributed by atoms with Crippen LogP contribution in [-0.4, -0.2) is 21.0 Å². The summed E-state index contributed by atoms with van der Waals surface area (Å²) in [5.74, 6) is -0.714. The van der Waals surface area contributed by atoms with Crippen LogP contribution in [0.1, 0.15) is 40.8 Å². The Bertz CT molecular complexity index is 756. The zero-order valence-corrected chi connectivity index (χ0v) is 12.9. The zero-order valence-electron chi connectivity index (χ0n) is 12.9. The molecule has 1 unspecified atom stereocenters. The molecule has 0 bridgehead atoms. The average Bonchev–Trinajstić information content (AvgIpc) is 2.98. The Morgan fingerprint density at radius 2 is 2.00 bits per heavy atom. The number of hydrogen-bond donors (Lipinski definition) is 1. The van der Waals surface area contributed by atoms with E-state index in [2.05, 4.69) is 9.97 Å². The molecule has 0 amide bonds. The van der Waals surface area contributed by atoms with Gasteiger partial charge >= 0.3 is 5.97 Å². The van der Waals surface area contributed by atoms with Gasteiger partial charge in [0.1, 0.15) is 0 Å². The maximum Gasteiger partial charge on any atom is 0.310 e. The van der Waals surface area contributed by atoms with E-state index in [9.17, 15) is 9.90 Å². The van der Waals surface area contributed by atoms with Gasteiger partial charge in [-0.3, -0.25) is 4.79 Å². The molecule has 0 spiro atoms. The van der Waals surface area contributed by atoms with E-state index in [0.717, 1.165) is 33.5 Å². The van der Waals surface area contributed by atoms with E-state index in [1.165, 1.54) is 0 Å². The first kappa shape index (κ1) is 14.7. The first-order valence-electron chi connectivity index (χ1n) is 7.25. The van der Waals surface area contributed by atoms with Crippen LogP contribution in [0.25, 0.3) is 11.4 Å². The Hall–Kier alpha value is -2.27. The molecule has 2 aromatic rings. The minimum Gasteiger partial charge on any atom is -0.481 e. The number of carboxylic acid groups (broad SMARTS) is 1. The van der Waals surface area contributed by atoms with E-state index in [1.54, 1.807) is 6.92 Å². The summed E-state index contributed by atoms with van der Waals surface area (Å²) in [6.45, 7) is 6.55. The van der Waals surface area contributed by atoms with Gasteiger partial charge in [0.05, 0.1) is 19.1 Å². The lowest BCUT2D eigenvalue weighted by atomic mass is 9.90. The minimum atomic E-state index is -0.829. The molecule has 22 heavy (non-hydrogen) atoms. The number of aromatic nitrogens is 2. The van der Waals surface area contributed by atoms with E-state index in [4.69, 9.17) is 4.74 Å². The van der Waals surface area contributed by atoms with Crippen molar-refractivity contribution in [1.29, 1.82) is 0 Å². The SMILES string of the molecule is Cc1cnc(-c2ccc(C(C)C(=O)O)c3c2COC3)nc1C. The molecule has 1 aromatic heterocycles. The molecule has 1 N–H and O–H groups in total. The lowest BCUT2D eigenvalue weighted by Crippen LogP contribution is -2.10. The number of aliphatic carboxylic acids is 1. The molecule has 0 aliphatic carbocycles. The maximum absolute atomic E-state index is 11.3. The third kappa shape index (κ3) is 2.37. The highest BCUT2D eigenvalue weighted by atomic mass is 16.5. The van der Waals surface area contributed by atoms with Crippen molar-refractivity contribution in [3.8, 4) is 11.4 Å². The number of carbonyl (C=O) groups is 1. The number of carboxylic acids is 1. The third-order valence-corrected chi connectivity index (χ3v) is 4.26. The average molecular weight is 298 g/mol. The van der Waals surface area contributed by atoms with Crippen molar-refractivity contribution >= 4 is 5.97 Å². The molecular formula is C17H18N2O3. The molecule has 2 heterocycles. The number of aryl methyl sites for hydroxylation is 2. The summed E-state index contributed by atoms with van der Waals surface area (Å²) >= 11 is 0. The second kappa shape index (κ2) is 5.50. The molecular weight excluding hydrogens is 280 g/mol. The van der Waals surface area contributed by atoms with E-state index in [-0.39, 0.29) is 0 Å². The van der Waals surface area contributed by atoms with Crippen molar-refractivity contribution in [2.24, 2.45) is 0 Å². The standard InChI is InChI=1S/C17H18N2O3/c1-9-6-18-16(19-11(9)3)13-5-4-12(10(2)17(20)21)14-7-22-8-15(13)14/h4-6,10H,7-8H2,1-3H3,(H,20,21). The van der Waals surface area contributed by atoms with Gasteiger partial charge in [-0.25, -0.2) is 9.97 Å². The van der Waals surface area contributed by atoms with Gasteiger partial charge in [-0.15, -0.1) is 0 Å². The zero-order chi connectivity index (χ0) is 15.9. The van der Waals surface area contributed by atoms with Gasteiger partial charge in [-0.05, 0) is 43.0 Å². The Balaban J connectivity index is 2.13. The summed E-state index contributed by atoms with van der Waals surface area (Å²) < 4.78 is 5.55. The van der Waals surface area contributed by atoms with E-state index in [0.29, 0.717) is 19.0 Å². The third-order valence-electron chi connectivity index (χ3n) is 4.26. The molecule has 1 atom stereocenters. The molecule has 3 rings (SSSR count). The number of hydrogen-bond acceptors (Lipinski definition) is 4. The maximum atomic E-state index is 11.3. The van der Waals surface area contributed by atoms with E-state index >= 15 is 0 Å². The Kier molecular flexibility index (Phi) is 3.66. The van der Waals surface area contributed by atoms with Crippen LogP contribution in [0, 0.1) is 13.8 Å². The predicted octanol–water partition coefficient (Wildman–Crippen LogP) is 2.98. The molecule has 1 aliphatic rings. The largest absolute Gasteiger partial charge is 0.481 e. The van der Waals surface area contributed by atoms with Crippen LogP contribution in [0.2, 0.25) is 0 Å². The first-order chi connectivity index (χ1) is 10.5. The molecule has 114 valence electrons. The number of benzene rings is 1. The van der Waals surface area contributed by atoms with Crippen LogP contribution in [0.15, 0.2) is 18.3 Å². The predicted molar refractivity (Wildman–Crippen MR) is 81.5 cm³/mol. The second-order valence-corrected chi connectivity index (χ2v) is 5.67. The highest BCUT2D eigenvalue weighted by Gasteiger charge is 2.26. The van der Waals surface area contributed by atoms with Gasteiger partial charge in [0.25, 0.3) is 0 Å². The number of rotatable bonds is 3. The van der Waals surface area contributed by atoms with Gasteiger partial charge < -0.3 is 9.84 Å². The first-order valence-corrected chi connectivity index (χ1v) is 7.25. The van der Waals surface area contributed by atoms with Crippen molar-refractivity contribution in [3.05, 3.63) is 46.3 Å². The highest BCUT2D eigenvalue weighted by Crippen LogP contribution is 2.35. The van der Waals surface area contributed by atoms with Gasteiger partial charge in [-0.1, -0.05) is 12.1 Å². The van der Waals surface area contributed by atoms with Crippen LogP contribution >= 0.6 is 0 Å².